The van der Waals surface area contributed by atoms with Crippen LogP contribution in [0.1, 0.15) is 47.1 Å². The number of methoxy groups -OCH3 is 1. The van der Waals surface area contributed by atoms with Crippen LogP contribution in [-0.4, -0.2) is 78.9 Å². The van der Waals surface area contributed by atoms with Crippen molar-refractivity contribution in [3.05, 3.63) is 165 Å². The molecule has 7 rings (SSSR count). The second-order valence-electron chi connectivity index (χ2n) is 15.3. The number of hydrogen-bond donors (Lipinski definition) is 3. The van der Waals surface area contributed by atoms with Gasteiger partial charge in [-0.05, 0) is 51.6 Å². The number of hydrogen-bond acceptors (Lipinski definition) is 10. The molecular formula is C47H51N5O8. The van der Waals surface area contributed by atoms with Gasteiger partial charge in [0.1, 0.15) is 6.04 Å². The minimum absolute atomic E-state index is 0.0295. The number of rotatable bonds is 14. The number of amides is 2. The molecule has 0 aliphatic carbocycles. The fourth-order valence-corrected chi connectivity index (χ4v) is 7.83. The topological polar surface area (TPSA) is 156 Å². The van der Waals surface area contributed by atoms with Gasteiger partial charge in [0.25, 0.3) is 5.69 Å². The lowest BCUT2D eigenvalue weighted by Crippen LogP contribution is -2.51. The van der Waals surface area contributed by atoms with Gasteiger partial charge in [-0.2, -0.15) is 0 Å². The van der Waals surface area contributed by atoms with E-state index in [2.05, 4.69) is 27.4 Å². The highest BCUT2D eigenvalue weighted by atomic mass is 16.7. The number of carbonyl (C=O) groups excluding carboxylic acids is 2. The van der Waals surface area contributed by atoms with Crippen molar-refractivity contribution in [3.63, 3.8) is 0 Å². The SMILES string of the molecule is COC(=O)[C@H](Cc1ccccc1)NC(=O)NCc1cccc(-c2ccc([C@@H]3O[C@H](CN4CCN(c5ccc([N+](=O)[O-])cc5)CC4)[C@H](C)[C@H](c4ccc(CO)cc4)O3)cc2)c1. The van der Waals surface area contributed by atoms with Gasteiger partial charge in [-0.1, -0.05) is 104 Å². The number of nitrogens with zero attached hydrogens (tertiary/aromatic N) is 3. The summed E-state index contributed by atoms with van der Waals surface area (Å²) in [6, 6.07) is 38.9. The zero-order valence-corrected chi connectivity index (χ0v) is 33.8. The Morgan fingerprint density at radius 3 is 2.17 bits per heavy atom. The molecule has 2 amide bonds. The van der Waals surface area contributed by atoms with Crippen LogP contribution in [0.5, 0.6) is 0 Å². The Kier molecular flexibility index (Phi) is 13.8. The fourth-order valence-electron chi connectivity index (χ4n) is 7.83. The summed E-state index contributed by atoms with van der Waals surface area (Å²) in [7, 11) is 1.30. The van der Waals surface area contributed by atoms with Crippen molar-refractivity contribution in [1.82, 2.24) is 15.5 Å². The van der Waals surface area contributed by atoms with Crippen LogP contribution in [0.15, 0.2) is 127 Å². The minimum Gasteiger partial charge on any atom is -0.467 e. The summed E-state index contributed by atoms with van der Waals surface area (Å²) < 4.78 is 18.4. The molecule has 2 fully saturated rings. The summed E-state index contributed by atoms with van der Waals surface area (Å²) >= 11 is 0. The summed E-state index contributed by atoms with van der Waals surface area (Å²) in [6.07, 6.45) is -0.689. The van der Waals surface area contributed by atoms with Gasteiger partial charge in [-0.3, -0.25) is 15.0 Å². The van der Waals surface area contributed by atoms with Gasteiger partial charge in [-0.25, -0.2) is 9.59 Å². The number of piperazine rings is 1. The number of non-ortho nitro benzene ring substituents is 1. The van der Waals surface area contributed by atoms with Crippen molar-refractivity contribution < 1.29 is 33.8 Å². The number of nitro groups is 1. The lowest BCUT2D eigenvalue weighted by molar-refractivity contribution is -0.384. The molecule has 0 bridgehead atoms. The first-order valence-corrected chi connectivity index (χ1v) is 20.2. The Balaban J connectivity index is 1.00. The molecular weight excluding hydrogens is 763 g/mol. The van der Waals surface area contributed by atoms with Crippen LogP contribution in [0.2, 0.25) is 0 Å². The number of urea groups is 1. The van der Waals surface area contributed by atoms with Crippen molar-refractivity contribution in [3.8, 4) is 11.1 Å². The van der Waals surface area contributed by atoms with E-state index in [1.165, 1.54) is 7.11 Å². The number of nitrogens with one attached hydrogen (secondary N) is 2. The largest absolute Gasteiger partial charge is 0.467 e. The highest BCUT2D eigenvalue weighted by Gasteiger charge is 2.39. The van der Waals surface area contributed by atoms with Crippen molar-refractivity contribution in [2.45, 2.75) is 51.0 Å². The zero-order valence-electron chi connectivity index (χ0n) is 33.8. The van der Waals surface area contributed by atoms with E-state index in [1.54, 1.807) is 12.1 Å². The van der Waals surface area contributed by atoms with E-state index in [0.717, 1.165) is 70.8 Å². The molecule has 5 aromatic rings. The average molecular weight is 814 g/mol. The Labute approximate surface area is 350 Å². The van der Waals surface area contributed by atoms with E-state index in [9.17, 15) is 24.8 Å². The number of nitro benzene ring substituents is 1. The van der Waals surface area contributed by atoms with E-state index in [4.69, 9.17) is 14.2 Å². The molecule has 312 valence electrons. The lowest BCUT2D eigenvalue weighted by atomic mass is 9.89. The van der Waals surface area contributed by atoms with Gasteiger partial charge in [0, 0.05) is 75.0 Å². The molecule has 2 saturated heterocycles. The van der Waals surface area contributed by atoms with Crippen LogP contribution in [0.3, 0.4) is 0 Å². The number of esters is 1. The normalized spacial score (nSPS) is 19.9. The van der Waals surface area contributed by atoms with E-state index in [1.807, 2.05) is 115 Å². The Morgan fingerprint density at radius 2 is 1.50 bits per heavy atom. The smallest absolute Gasteiger partial charge is 0.328 e. The van der Waals surface area contributed by atoms with Crippen LogP contribution < -0.4 is 15.5 Å². The number of ether oxygens (including phenoxy) is 3. The molecule has 2 aliphatic heterocycles. The second kappa shape index (κ2) is 19.8. The molecule has 0 unspecified atom stereocenters. The summed E-state index contributed by atoms with van der Waals surface area (Å²) in [6.45, 7) is 6.33. The number of benzene rings is 5. The third-order valence-electron chi connectivity index (χ3n) is 11.3. The molecule has 3 N–H and O–H groups in total. The highest BCUT2D eigenvalue weighted by Crippen LogP contribution is 2.42. The van der Waals surface area contributed by atoms with Gasteiger partial charge >= 0.3 is 12.0 Å². The molecule has 13 nitrogen and oxygen atoms in total. The van der Waals surface area contributed by atoms with E-state index < -0.39 is 24.3 Å². The average Bonchev–Trinajstić information content (AvgIpc) is 3.29. The van der Waals surface area contributed by atoms with Crippen LogP contribution in [-0.2, 0) is 38.6 Å². The number of aliphatic hydroxyl groups excluding tert-OH is 1. The van der Waals surface area contributed by atoms with Crippen LogP contribution >= 0.6 is 0 Å². The van der Waals surface area contributed by atoms with Crippen molar-refractivity contribution in [2.75, 3.05) is 44.7 Å². The lowest BCUT2D eigenvalue weighted by Gasteiger charge is -2.44. The van der Waals surface area contributed by atoms with Crippen molar-refractivity contribution in [1.29, 1.82) is 0 Å². The van der Waals surface area contributed by atoms with E-state index in [-0.39, 0.29) is 41.9 Å². The third kappa shape index (κ3) is 10.5. The monoisotopic (exact) mass is 813 g/mol. The van der Waals surface area contributed by atoms with Crippen molar-refractivity contribution >= 4 is 23.4 Å². The second-order valence-corrected chi connectivity index (χ2v) is 15.3. The van der Waals surface area contributed by atoms with Gasteiger partial charge in [0.2, 0.25) is 0 Å². The van der Waals surface area contributed by atoms with E-state index >= 15 is 0 Å². The Bertz CT molecular complexity index is 2200. The van der Waals surface area contributed by atoms with Crippen LogP contribution in [0, 0.1) is 16.0 Å². The molecule has 2 heterocycles. The predicted octanol–water partition coefficient (Wildman–Crippen LogP) is 6.95. The maximum Gasteiger partial charge on any atom is 0.328 e. The molecule has 0 saturated carbocycles. The summed E-state index contributed by atoms with van der Waals surface area (Å²) in [4.78, 5) is 40.7. The Hall–Kier alpha value is -6.12. The molecule has 5 atom stereocenters. The predicted molar refractivity (Wildman–Crippen MR) is 228 cm³/mol. The summed E-state index contributed by atoms with van der Waals surface area (Å²) in [5.41, 5.74) is 7.57. The summed E-state index contributed by atoms with van der Waals surface area (Å²) in [5, 5.41) is 26.4. The highest BCUT2D eigenvalue weighted by molar-refractivity contribution is 5.83. The Morgan fingerprint density at radius 1 is 0.817 bits per heavy atom. The standard InChI is InChI=1S/C47H51N5O8/c1-32-43(30-50-23-25-51(26-24-50)40-19-21-41(22-20-40)52(56)57)59-46(60-44(32)37-13-11-34(31-53)12-14-37)38-17-15-36(16-18-38)39-10-6-9-35(27-39)29-48-47(55)49-42(45(54)58-2)28-33-7-4-3-5-8-33/h3-22,27,32,42-44,46,53H,23-26,28-31H2,1-2H3,(H2,48,49,55)/t32-,42-,43+,44+,46+/m0/s1. The first-order valence-electron chi connectivity index (χ1n) is 20.2. The zero-order chi connectivity index (χ0) is 42.0. The maximum absolute atomic E-state index is 12.9. The quantitative estimate of drug-likeness (QED) is 0.0610. The molecule has 0 spiro atoms. The first-order chi connectivity index (χ1) is 29.2. The molecule has 0 aromatic heterocycles. The maximum atomic E-state index is 12.9. The van der Waals surface area contributed by atoms with Crippen molar-refractivity contribution in [2.24, 2.45) is 5.92 Å². The summed E-state index contributed by atoms with van der Waals surface area (Å²) in [5.74, 6) is -0.487. The minimum atomic E-state index is -0.827. The number of aliphatic hydroxyl groups is 1. The van der Waals surface area contributed by atoms with E-state index in [0.29, 0.717) is 13.0 Å². The number of carbonyl (C=O) groups is 2. The third-order valence-corrected chi connectivity index (χ3v) is 11.3. The van der Waals surface area contributed by atoms with Gasteiger partial charge < -0.3 is 34.9 Å². The van der Waals surface area contributed by atoms with Gasteiger partial charge in [0.15, 0.2) is 6.29 Å². The fraction of sp³-hybridized carbons (Fsp3) is 0.319. The van der Waals surface area contributed by atoms with Crippen LogP contribution in [0.4, 0.5) is 16.2 Å². The molecule has 60 heavy (non-hydrogen) atoms. The molecule has 2 aliphatic rings. The molecule has 5 aromatic carbocycles. The number of anilines is 1. The molecule has 13 heteroatoms. The molecule has 0 radical (unpaired) electrons. The van der Waals surface area contributed by atoms with Gasteiger partial charge in [0.05, 0.1) is 30.8 Å². The van der Waals surface area contributed by atoms with Gasteiger partial charge in [-0.15, -0.1) is 0 Å². The first kappa shape index (κ1) is 42.0. The van der Waals surface area contributed by atoms with Crippen LogP contribution in [0.25, 0.3) is 11.1 Å².